The van der Waals surface area contributed by atoms with Gasteiger partial charge in [0, 0.05) is 29.3 Å². The van der Waals surface area contributed by atoms with Gasteiger partial charge in [0.15, 0.2) is 0 Å². The number of benzene rings is 1. The minimum Gasteiger partial charge on any atom is -0.453 e. The molecule has 18 heavy (non-hydrogen) atoms. The highest BCUT2D eigenvalue weighted by Gasteiger charge is 2.05. The predicted octanol–water partition coefficient (Wildman–Crippen LogP) is 2.51. The van der Waals surface area contributed by atoms with Crippen molar-refractivity contribution >= 4 is 17.5 Å². The lowest BCUT2D eigenvalue weighted by Gasteiger charge is -2.09. The summed E-state index contributed by atoms with van der Waals surface area (Å²) in [5.41, 5.74) is 9.01. The van der Waals surface area contributed by atoms with Crippen LogP contribution in [-0.4, -0.2) is 18.2 Å². The van der Waals surface area contributed by atoms with Crippen LogP contribution in [0.2, 0.25) is 0 Å². The number of amides is 1. The molecular weight excluding hydrogens is 230 g/mol. The van der Waals surface area contributed by atoms with Crippen molar-refractivity contribution in [2.45, 2.75) is 0 Å². The molecular formula is C13H13N3O2. The minimum atomic E-state index is -0.522. The van der Waals surface area contributed by atoms with Crippen molar-refractivity contribution in [3.8, 4) is 11.1 Å². The molecule has 92 valence electrons. The maximum Gasteiger partial charge on any atom is 0.411 e. The fraction of sp³-hybridized carbons (Fsp3) is 0.0769. The highest BCUT2D eigenvalue weighted by molar-refractivity contribution is 5.87. The Bertz CT molecular complexity index is 555. The van der Waals surface area contributed by atoms with Gasteiger partial charge >= 0.3 is 6.09 Å². The zero-order valence-corrected chi connectivity index (χ0v) is 9.88. The number of pyridine rings is 1. The largest absolute Gasteiger partial charge is 0.453 e. The van der Waals surface area contributed by atoms with Gasteiger partial charge in [0.1, 0.15) is 0 Å². The summed E-state index contributed by atoms with van der Waals surface area (Å²) in [6, 6.07) is 9.05. The topological polar surface area (TPSA) is 77.2 Å². The van der Waals surface area contributed by atoms with Gasteiger partial charge in [-0.2, -0.15) is 0 Å². The van der Waals surface area contributed by atoms with Crippen LogP contribution < -0.4 is 11.1 Å². The Morgan fingerprint density at radius 1 is 1.28 bits per heavy atom. The smallest absolute Gasteiger partial charge is 0.411 e. The molecule has 1 aromatic carbocycles. The van der Waals surface area contributed by atoms with Gasteiger partial charge in [-0.15, -0.1) is 0 Å². The Kier molecular flexibility index (Phi) is 3.43. The highest BCUT2D eigenvalue weighted by atomic mass is 16.5. The lowest BCUT2D eigenvalue weighted by Crippen LogP contribution is -2.11. The molecule has 5 heteroatoms. The van der Waals surface area contributed by atoms with E-state index < -0.39 is 6.09 Å². The molecule has 1 amide bonds. The fourth-order valence-corrected chi connectivity index (χ4v) is 1.60. The van der Waals surface area contributed by atoms with E-state index in [-0.39, 0.29) is 0 Å². The fourth-order valence-electron chi connectivity index (χ4n) is 1.60. The molecule has 1 heterocycles. The lowest BCUT2D eigenvalue weighted by atomic mass is 10.0. The molecule has 0 bridgehead atoms. The predicted molar refractivity (Wildman–Crippen MR) is 70.1 cm³/mol. The average Bonchev–Trinajstić information content (AvgIpc) is 2.40. The summed E-state index contributed by atoms with van der Waals surface area (Å²) < 4.78 is 4.51. The van der Waals surface area contributed by atoms with E-state index in [0.717, 1.165) is 11.1 Å². The number of nitrogens with zero attached hydrogens (tertiary/aromatic N) is 1. The summed E-state index contributed by atoms with van der Waals surface area (Å²) >= 11 is 0. The number of carbonyl (C=O) groups is 1. The minimum absolute atomic E-state index is 0.522. The number of carbonyl (C=O) groups excluding carboxylic acids is 1. The van der Waals surface area contributed by atoms with Crippen molar-refractivity contribution in [3.63, 3.8) is 0 Å². The Balaban J connectivity index is 2.28. The van der Waals surface area contributed by atoms with E-state index in [0.29, 0.717) is 11.4 Å². The van der Waals surface area contributed by atoms with Gasteiger partial charge in [0.25, 0.3) is 0 Å². The Hall–Kier alpha value is -2.56. The van der Waals surface area contributed by atoms with Crippen LogP contribution in [0.15, 0.2) is 42.7 Å². The second kappa shape index (κ2) is 5.18. The van der Waals surface area contributed by atoms with Gasteiger partial charge in [-0.05, 0) is 29.8 Å². The summed E-state index contributed by atoms with van der Waals surface area (Å²) in [7, 11) is 1.31. The number of rotatable bonds is 2. The van der Waals surface area contributed by atoms with Crippen LogP contribution in [0.1, 0.15) is 0 Å². The van der Waals surface area contributed by atoms with Crippen molar-refractivity contribution in [3.05, 3.63) is 42.7 Å². The molecule has 0 atom stereocenters. The molecule has 1 aromatic heterocycles. The summed E-state index contributed by atoms with van der Waals surface area (Å²) in [6.07, 6.45) is 2.89. The molecule has 5 nitrogen and oxygen atoms in total. The molecule has 0 saturated heterocycles. The monoisotopic (exact) mass is 243 g/mol. The molecule has 3 N–H and O–H groups in total. The van der Waals surface area contributed by atoms with Crippen molar-refractivity contribution in [2.24, 2.45) is 0 Å². The first-order valence-corrected chi connectivity index (χ1v) is 5.35. The van der Waals surface area contributed by atoms with Crippen LogP contribution >= 0.6 is 0 Å². The quantitative estimate of drug-likeness (QED) is 0.794. The Labute approximate surface area is 105 Å². The maximum atomic E-state index is 11.1. The van der Waals surface area contributed by atoms with Crippen molar-refractivity contribution < 1.29 is 9.53 Å². The van der Waals surface area contributed by atoms with E-state index in [1.54, 1.807) is 24.5 Å². The zero-order valence-electron chi connectivity index (χ0n) is 9.88. The molecule has 0 aliphatic rings. The molecule has 0 unspecified atom stereocenters. The van der Waals surface area contributed by atoms with Crippen molar-refractivity contribution in [1.29, 1.82) is 0 Å². The number of methoxy groups -OCH3 is 1. The molecule has 0 aliphatic heterocycles. The number of aromatic nitrogens is 1. The van der Waals surface area contributed by atoms with Crippen LogP contribution in [0.3, 0.4) is 0 Å². The Morgan fingerprint density at radius 3 is 2.61 bits per heavy atom. The standard InChI is InChI=1S/C13H13N3O2/c1-18-13(17)16-10-2-3-11(12(14)8-10)9-4-6-15-7-5-9/h2-8H,14H2,1H3,(H,16,17). The van der Waals surface area contributed by atoms with Gasteiger partial charge in [-0.1, -0.05) is 6.07 Å². The van der Waals surface area contributed by atoms with E-state index in [1.807, 2.05) is 18.2 Å². The van der Waals surface area contributed by atoms with Crippen LogP contribution in [0, 0.1) is 0 Å². The number of nitrogens with one attached hydrogen (secondary N) is 1. The highest BCUT2D eigenvalue weighted by Crippen LogP contribution is 2.27. The number of nitrogen functional groups attached to an aromatic ring is 1. The first-order chi connectivity index (χ1) is 8.70. The summed E-state index contributed by atoms with van der Waals surface area (Å²) in [6.45, 7) is 0. The van der Waals surface area contributed by atoms with Gasteiger partial charge < -0.3 is 10.5 Å². The second-order valence-electron chi connectivity index (χ2n) is 3.65. The molecule has 0 saturated carbocycles. The zero-order chi connectivity index (χ0) is 13.0. The van der Waals surface area contributed by atoms with Gasteiger partial charge in [-0.25, -0.2) is 4.79 Å². The lowest BCUT2D eigenvalue weighted by molar-refractivity contribution is 0.187. The summed E-state index contributed by atoms with van der Waals surface area (Å²) in [5, 5.41) is 2.56. The second-order valence-corrected chi connectivity index (χ2v) is 3.65. The van der Waals surface area contributed by atoms with Crippen LogP contribution in [-0.2, 0) is 4.74 Å². The van der Waals surface area contributed by atoms with E-state index >= 15 is 0 Å². The SMILES string of the molecule is COC(=O)Nc1ccc(-c2ccncc2)c(N)c1. The molecule has 0 aliphatic carbocycles. The molecule has 0 spiro atoms. The molecule has 0 fully saturated rings. The van der Waals surface area contributed by atoms with Crippen LogP contribution in [0.4, 0.5) is 16.2 Å². The first-order valence-electron chi connectivity index (χ1n) is 5.35. The molecule has 2 aromatic rings. The van der Waals surface area contributed by atoms with Crippen LogP contribution in [0.25, 0.3) is 11.1 Å². The number of anilines is 2. The normalized spacial score (nSPS) is 9.83. The third kappa shape index (κ3) is 2.57. The average molecular weight is 243 g/mol. The number of hydrogen-bond donors (Lipinski definition) is 2. The van der Waals surface area contributed by atoms with E-state index in [9.17, 15) is 4.79 Å². The molecule has 2 rings (SSSR count). The number of ether oxygens (including phenoxy) is 1. The maximum absolute atomic E-state index is 11.1. The van der Waals surface area contributed by atoms with Gasteiger partial charge in [0.05, 0.1) is 7.11 Å². The van der Waals surface area contributed by atoms with Crippen LogP contribution in [0.5, 0.6) is 0 Å². The third-order valence-corrected chi connectivity index (χ3v) is 2.47. The van der Waals surface area contributed by atoms with Gasteiger partial charge in [-0.3, -0.25) is 10.3 Å². The summed E-state index contributed by atoms with van der Waals surface area (Å²) in [5.74, 6) is 0. The van der Waals surface area contributed by atoms with E-state index in [2.05, 4.69) is 15.0 Å². The summed E-state index contributed by atoms with van der Waals surface area (Å²) in [4.78, 5) is 15.0. The van der Waals surface area contributed by atoms with Crippen molar-refractivity contribution in [2.75, 3.05) is 18.2 Å². The third-order valence-electron chi connectivity index (χ3n) is 2.47. The van der Waals surface area contributed by atoms with Gasteiger partial charge in [0.2, 0.25) is 0 Å². The van der Waals surface area contributed by atoms with E-state index in [4.69, 9.17) is 5.73 Å². The number of nitrogens with two attached hydrogens (primary N) is 1. The van der Waals surface area contributed by atoms with Crippen molar-refractivity contribution in [1.82, 2.24) is 4.98 Å². The Morgan fingerprint density at radius 2 is 2.00 bits per heavy atom. The number of hydrogen-bond acceptors (Lipinski definition) is 4. The molecule has 0 radical (unpaired) electrons. The first kappa shape index (κ1) is 11.9. The van der Waals surface area contributed by atoms with E-state index in [1.165, 1.54) is 7.11 Å².